The minimum atomic E-state index is -0.118. The second kappa shape index (κ2) is 8.25. The highest BCUT2D eigenvalue weighted by atomic mass is 16.5. The summed E-state index contributed by atoms with van der Waals surface area (Å²) in [6.07, 6.45) is 3.53. The van der Waals surface area contributed by atoms with Gasteiger partial charge >= 0.3 is 0 Å². The van der Waals surface area contributed by atoms with Crippen molar-refractivity contribution in [1.29, 1.82) is 0 Å². The van der Waals surface area contributed by atoms with Crippen LogP contribution in [0.3, 0.4) is 0 Å². The summed E-state index contributed by atoms with van der Waals surface area (Å²) in [7, 11) is 0. The van der Waals surface area contributed by atoms with Gasteiger partial charge in [-0.2, -0.15) is 0 Å². The molecule has 0 spiro atoms. The van der Waals surface area contributed by atoms with Gasteiger partial charge in [-0.3, -0.25) is 9.59 Å². The van der Waals surface area contributed by atoms with Gasteiger partial charge in [-0.25, -0.2) is 0 Å². The number of carbonyl (C=O) groups is 2. The topological polar surface area (TPSA) is 75.4 Å². The van der Waals surface area contributed by atoms with Crippen molar-refractivity contribution < 1.29 is 14.1 Å². The Bertz CT molecular complexity index is 972. The van der Waals surface area contributed by atoms with Gasteiger partial charge in [0.2, 0.25) is 5.91 Å². The zero-order valence-electron chi connectivity index (χ0n) is 15.7. The third kappa shape index (κ3) is 4.06. The first-order valence-corrected chi connectivity index (χ1v) is 9.69. The van der Waals surface area contributed by atoms with E-state index in [0.717, 1.165) is 36.9 Å². The summed E-state index contributed by atoms with van der Waals surface area (Å²) in [6.45, 7) is 2.09. The predicted octanol–water partition coefficient (Wildman–Crippen LogP) is 3.31. The fourth-order valence-electron chi connectivity index (χ4n) is 3.53. The molecule has 1 aliphatic heterocycles. The number of carbonyl (C=O) groups excluding carboxylic acids is 2. The van der Waals surface area contributed by atoms with Gasteiger partial charge in [-0.05, 0) is 49.1 Å². The van der Waals surface area contributed by atoms with Gasteiger partial charge in [0.15, 0.2) is 5.58 Å². The first-order chi connectivity index (χ1) is 13.7. The first kappa shape index (κ1) is 18.2. The summed E-state index contributed by atoms with van der Waals surface area (Å²) in [6, 6.07) is 15.0. The molecule has 2 aromatic carbocycles. The molecular weight excluding hydrogens is 354 g/mol. The van der Waals surface area contributed by atoms with Gasteiger partial charge in [-0.1, -0.05) is 29.4 Å². The average Bonchev–Trinajstić information content (AvgIpc) is 3.15. The molecule has 144 valence electrons. The van der Waals surface area contributed by atoms with E-state index in [1.807, 2.05) is 53.4 Å². The van der Waals surface area contributed by atoms with Crippen LogP contribution in [0.1, 0.15) is 40.9 Å². The molecule has 0 saturated carbocycles. The van der Waals surface area contributed by atoms with E-state index in [-0.39, 0.29) is 18.2 Å². The molecule has 1 aromatic heterocycles. The smallest absolute Gasteiger partial charge is 0.253 e. The van der Waals surface area contributed by atoms with E-state index in [4.69, 9.17) is 4.52 Å². The lowest BCUT2D eigenvalue weighted by molar-refractivity contribution is -0.120. The molecule has 2 amide bonds. The maximum Gasteiger partial charge on any atom is 0.253 e. The molecule has 2 heterocycles. The molecule has 4 rings (SSSR count). The molecule has 0 aliphatic carbocycles. The number of rotatable bonds is 5. The monoisotopic (exact) mass is 377 g/mol. The normalized spacial score (nSPS) is 14.2. The summed E-state index contributed by atoms with van der Waals surface area (Å²) < 4.78 is 5.23. The van der Waals surface area contributed by atoms with Crippen molar-refractivity contribution in [2.75, 3.05) is 13.1 Å². The number of nitrogens with zero attached hydrogens (tertiary/aromatic N) is 2. The first-order valence-electron chi connectivity index (χ1n) is 9.69. The highest BCUT2D eigenvalue weighted by Crippen LogP contribution is 2.18. The van der Waals surface area contributed by atoms with E-state index in [2.05, 4.69) is 10.5 Å². The summed E-state index contributed by atoms with van der Waals surface area (Å²) >= 11 is 0. The molecule has 0 radical (unpaired) electrons. The van der Waals surface area contributed by atoms with E-state index in [0.29, 0.717) is 23.4 Å². The van der Waals surface area contributed by atoms with Gasteiger partial charge in [0.25, 0.3) is 5.91 Å². The molecular formula is C22H23N3O3. The van der Waals surface area contributed by atoms with Crippen LogP contribution in [0.2, 0.25) is 0 Å². The molecule has 0 unspecified atom stereocenters. The summed E-state index contributed by atoms with van der Waals surface area (Å²) in [4.78, 5) is 26.7. The Morgan fingerprint density at radius 2 is 1.75 bits per heavy atom. The maximum atomic E-state index is 12.5. The van der Waals surface area contributed by atoms with Crippen LogP contribution in [-0.4, -0.2) is 35.0 Å². The minimum absolute atomic E-state index is 0.0909. The second-order valence-electron chi connectivity index (χ2n) is 7.13. The second-order valence-corrected chi connectivity index (χ2v) is 7.13. The summed E-state index contributed by atoms with van der Waals surface area (Å²) in [5.74, 6) is -0.0271. The van der Waals surface area contributed by atoms with E-state index in [9.17, 15) is 9.59 Å². The molecule has 6 nitrogen and oxygen atoms in total. The fraction of sp³-hybridized carbons (Fsp3) is 0.318. The number of aromatic nitrogens is 1. The Morgan fingerprint density at radius 3 is 2.54 bits per heavy atom. The average molecular weight is 377 g/mol. The van der Waals surface area contributed by atoms with Crippen molar-refractivity contribution in [2.24, 2.45) is 0 Å². The van der Waals surface area contributed by atoms with Crippen molar-refractivity contribution in [3.8, 4) is 0 Å². The van der Waals surface area contributed by atoms with Gasteiger partial charge in [0.05, 0.1) is 6.42 Å². The lowest BCUT2D eigenvalue weighted by Crippen LogP contribution is -2.35. The van der Waals surface area contributed by atoms with Gasteiger partial charge in [0.1, 0.15) is 5.69 Å². The number of nitrogens with one attached hydrogen (secondary N) is 1. The molecule has 1 saturated heterocycles. The number of hydrogen-bond acceptors (Lipinski definition) is 4. The van der Waals surface area contributed by atoms with Crippen LogP contribution in [0.15, 0.2) is 53.1 Å². The van der Waals surface area contributed by atoms with Crippen molar-refractivity contribution in [2.45, 2.75) is 32.2 Å². The Labute approximate surface area is 163 Å². The SMILES string of the molecule is O=C(Cc1noc2ccccc12)NCc1ccc(C(=O)N2CCCCC2)cc1. The number of hydrogen-bond donors (Lipinski definition) is 1. The van der Waals surface area contributed by atoms with Crippen LogP contribution in [-0.2, 0) is 17.8 Å². The zero-order valence-corrected chi connectivity index (χ0v) is 15.7. The van der Waals surface area contributed by atoms with Crippen molar-refractivity contribution >= 4 is 22.8 Å². The largest absolute Gasteiger partial charge is 0.356 e. The summed E-state index contributed by atoms with van der Waals surface area (Å²) in [5.41, 5.74) is 2.97. The van der Waals surface area contributed by atoms with E-state index < -0.39 is 0 Å². The number of amides is 2. The van der Waals surface area contributed by atoms with Crippen LogP contribution >= 0.6 is 0 Å². The van der Waals surface area contributed by atoms with Crippen LogP contribution in [0.5, 0.6) is 0 Å². The Morgan fingerprint density at radius 1 is 1.00 bits per heavy atom. The highest BCUT2D eigenvalue weighted by Gasteiger charge is 2.18. The maximum absolute atomic E-state index is 12.5. The molecule has 28 heavy (non-hydrogen) atoms. The Kier molecular flexibility index (Phi) is 5.37. The van der Waals surface area contributed by atoms with E-state index in [1.165, 1.54) is 6.42 Å². The lowest BCUT2D eigenvalue weighted by Gasteiger charge is -2.26. The number of fused-ring (bicyclic) bond motifs is 1. The summed E-state index contributed by atoms with van der Waals surface area (Å²) in [5, 5.41) is 7.75. The lowest BCUT2D eigenvalue weighted by atomic mass is 10.1. The minimum Gasteiger partial charge on any atom is -0.356 e. The molecule has 1 N–H and O–H groups in total. The van der Waals surface area contributed by atoms with Gasteiger partial charge < -0.3 is 14.7 Å². The zero-order chi connectivity index (χ0) is 19.3. The molecule has 0 bridgehead atoms. The third-order valence-electron chi connectivity index (χ3n) is 5.11. The molecule has 3 aromatic rings. The Hall–Kier alpha value is -3.15. The van der Waals surface area contributed by atoms with Crippen molar-refractivity contribution in [1.82, 2.24) is 15.4 Å². The number of para-hydroxylation sites is 1. The van der Waals surface area contributed by atoms with Crippen molar-refractivity contribution in [3.63, 3.8) is 0 Å². The van der Waals surface area contributed by atoms with Crippen LogP contribution in [0.25, 0.3) is 11.0 Å². The van der Waals surface area contributed by atoms with Gasteiger partial charge in [-0.15, -0.1) is 0 Å². The number of piperidine rings is 1. The quantitative estimate of drug-likeness (QED) is 0.740. The standard InChI is InChI=1S/C22H23N3O3/c26-21(14-19-18-6-2-3-7-20(18)28-24-19)23-15-16-8-10-17(11-9-16)22(27)25-12-4-1-5-13-25/h2-3,6-11H,1,4-5,12-15H2,(H,23,26). The molecule has 1 aliphatic rings. The molecule has 1 fully saturated rings. The van der Waals surface area contributed by atoms with Gasteiger partial charge in [0, 0.05) is 30.6 Å². The third-order valence-corrected chi connectivity index (χ3v) is 5.11. The van der Waals surface area contributed by atoms with Crippen molar-refractivity contribution in [3.05, 3.63) is 65.4 Å². The number of benzene rings is 2. The van der Waals surface area contributed by atoms with E-state index >= 15 is 0 Å². The highest BCUT2D eigenvalue weighted by molar-refractivity contribution is 5.94. The predicted molar refractivity (Wildman–Crippen MR) is 106 cm³/mol. The van der Waals surface area contributed by atoms with Crippen LogP contribution in [0, 0.1) is 0 Å². The van der Waals surface area contributed by atoms with Crippen LogP contribution in [0.4, 0.5) is 0 Å². The molecule has 6 heteroatoms. The number of likely N-dealkylation sites (tertiary alicyclic amines) is 1. The molecule has 0 atom stereocenters. The Balaban J connectivity index is 1.32. The fourth-order valence-corrected chi connectivity index (χ4v) is 3.53. The van der Waals surface area contributed by atoms with Crippen LogP contribution < -0.4 is 5.32 Å². The van der Waals surface area contributed by atoms with E-state index in [1.54, 1.807) is 0 Å².